The van der Waals surface area contributed by atoms with Crippen LogP contribution in [0.25, 0.3) is 0 Å². The van der Waals surface area contributed by atoms with E-state index in [-0.39, 0.29) is 5.90 Å². The van der Waals surface area contributed by atoms with Crippen molar-refractivity contribution in [1.29, 1.82) is 5.41 Å². The van der Waals surface area contributed by atoms with Crippen molar-refractivity contribution in [3.63, 3.8) is 0 Å². The number of rotatable bonds is 7. The van der Waals surface area contributed by atoms with E-state index in [1.807, 2.05) is 27.0 Å². The number of pyridine rings is 1. The molecule has 0 aliphatic heterocycles. The lowest BCUT2D eigenvalue weighted by molar-refractivity contribution is 0.325. The molecule has 1 heterocycles. The fourth-order valence-electron chi connectivity index (χ4n) is 2.17. The highest BCUT2D eigenvalue weighted by atomic mass is 16.5. The average Bonchev–Trinajstić information content (AvgIpc) is 2.56. The van der Waals surface area contributed by atoms with Crippen molar-refractivity contribution in [3.8, 4) is 11.6 Å². The summed E-state index contributed by atoms with van der Waals surface area (Å²) in [6, 6.07) is 9.69. The minimum atomic E-state index is 0.122. The van der Waals surface area contributed by atoms with Gasteiger partial charge in [-0.3, -0.25) is 5.41 Å². The van der Waals surface area contributed by atoms with Gasteiger partial charge in [0.1, 0.15) is 5.75 Å². The number of hydrogen-bond acceptors (Lipinski definition) is 5. The van der Waals surface area contributed by atoms with Crippen molar-refractivity contribution in [2.24, 2.45) is 0 Å². The standard InChI is InChI=1S/C18H23N3O2/c1-4-22-18(19)15-6-8-17(21-12-15)23-16-7-5-14(9-10-20-3)11-13(16)2/h5-8,11-12,19-20H,4,9-10H2,1-3H3. The maximum Gasteiger partial charge on any atom is 0.219 e. The van der Waals surface area contributed by atoms with Crippen molar-refractivity contribution < 1.29 is 9.47 Å². The van der Waals surface area contributed by atoms with E-state index in [9.17, 15) is 0 Å². The summed E-state index contributed by atoms with van der Waals surface area (Å²) in [7, 11) is 1.95. The van der Waals surface area contributed by atoms with Crippen LogP contribution >= 0.6 is 0 Å². The van der Waals surface area contributed by atoms with Gasteiger partial charge in [-0.2, -0.15) is 0 Å². The van der Waals surface area contributed by atoms with Gasteiger partial charge >= 0.3 is 0 Å². The molecule has 2 rings (SSSR count). The van der Waals surface area contributed by atoms with Crippen LogP contribution in [0.4, 0.5) is 0 Å². The van der Waals surface area contributed by atoms with Gasteiger partial charge in [-0.05, 0) is 57.1 Å². The van der Waals surface area contributed by atoms with Crippen LogP contribution in [0.15, 0.2) is 36.5 Å². The molecule has 0 unspecified atom stereocenters. The van der Waals surface area contributed by atoms with Gasteiger partial charge in [-0.1, -0.05) is 12.1 Å². The molecule has 5 nitrogen and oxygen atoms in total. The predicted molar refractivity (Wildman–Crippen MR) is 91.6 cm³/mol. The second-order valence-corrected chi connectivity index (χ2v) is 5.20. The maximum atomic E-state index is 7.73. The number of hydrogen-bond donors (Lipinski definition) is 2. The van der Waals surface area contributed by atoms with Crippen molar-refractivity contribution >= 4 is 5.90 Å². The van der Waals surface area contributed by atoms with E-state index in [0.29, 0.717) is 18.1 Å². The highest BCUT2D eigenvalue weighted by molar-refractivity contribution is 5.91. The largest absolute Gasteiger partial charge is 0.478 e. The Morgan fingerprint density at radius 2 is 2.09 bits per heavy atom. The first kappa shape index (κ1) is 17.0. The van der Waals surface area contributed by atoms with Crippen LogP contribution in [0.3, 0.4) is 0 Å². The molecule has 0 saturated heterocycles. The molecule has 0 saturated carbocycles. The third kappa shape index (κ3) is 4.79. The van der Waals surface area contributed by atoms with E-state index in [0.717, 1.165) is 24.3 Å². The Kier molecular flexibility index (Phi) is 6.11. The number of benzene rings is 1. The molecule has 0 amide bonds. The van der Waals surface area contributed by atoms with Crippen LogP contribution < -0.4 is 10.1 Å². The van der Waals surface area contributed by atoms with E-state index in [1.165, 1.54) is 5.56 Å². The number of nitrogens with one attached hydrogen (secondary N) is 2. The van der Waals surface area contributed by atoms with Crippen LogP contribution in [0.1, 0.15) is 23.6 Å². The Morgan fingerprint density at radius 1 is 1.26 bits per heavy atom. The molecule has 1 aromatic heterocycles. The highest BCUT2D eigenvalue weighted by Crippen LogP contribution is 2.24. The molecule has 0 aliphatic carbocycles. The van der Waals surface area contributed by atoms with Crippen LogP contribution in [-0.4, -0.2) is 31.1 Å². The van der Waals surface area contributed by atoms with Gasteiger partial charge in [0.25, 0.3) is 0 Å². The molecule has 2 aromatic rings. The van der Waals surface area contributed by atoms with E-state index in [2.05, 4.69) is 22.4 Å². The fraction of sp³-hybridized carbons (Fsp3) is 0.333. The third-order valence-electron chi connectivity index (χ3n) is 3.40. The Hall–Kier alpha value is -2.40. The molecule has 122 valence electrons. The first-order valence-corrected chi connectivity index (χ1v) is 7.73. The zero-order valence-electron chi connectivity index (χ0n) is 13.8. The Morgan fingerprint density at radius 3 is 2.70 bits per heavy atom. The van der Waals surface area contributed by atoms with Crippen molar-refractivity contribution in [1.82, 2.24) is 10.3 Å². The van der Waals surface area contributed by atoms with Gasteiger partial charge in [0.05, 0.1) is 12.2 Å². The molecule has 0 radical (unpaired) electrons. The summed E-state index contributed by atoms with van der Waals surface area (Å²) in [6.45, 7) is 5.30. The lowest BCUT2D eigenvalue weighted by Gasteiger charge is -2.10. The molecule has 0 bridgehead atoms. The minimum absolute atomic E-state index is 0.122. The summed E-state index contributed by atoms with van der Waals surface area (Å²) in [5.41, 5.74) is 2.99. The molecular formula is C18H23N3O2. The number of nitrogens with zero attached hydrogens (tertiary/aromatic N) is 1. The number of ether oxygens (including phenoxy) is 2. The lowest BCUT2D eigenvalue weighted by Crippen LogP contribution is -2.10. The zero-order valence-corrected chi connectivity index (χ0v) is 13.8. The van der Waals surface area contributed by atoms with Gasteiger partial charge in [-0.25, -0.2) is 4.98 Å². The second-order valence-electron chi connectivity index (χ2n) is 5.20. The molecular weight excluding hydrogens is 290 g/mol. The SMILES string of the molecule is CCOC(=N)c1ccc(Oc2ccc(CCNC)cc2C)nc1. The molecule has 0 aliphatic rings. The Balaban J connectivity index is 2.05. The minimum Gasteiger partial charge on any atom is -0.478 e. The van der Waals surface area contributed by atoms with Gasteiger partial charge in [0.2, 0.25) is 11.8 Å². The maximum absolute atomic E-state index is 7.73. The van der Waals surface area contributed by atoms with Crippen molar-refractivity contribution in [3.05, 3.63) is 53.2 Å². The quantitative estimate of drug-likeness (QED) is 0.608. The van der Waals surface area contributed by atoms with E-state index >= 15 is 0 Å². The monoisotopic (exact) mass is 313 g/mol. The lowest BCUT2D eigenvalue weighted by atomic mass is 10.1. The normalized spacial score (nSPS) is 10.4. The molecule has 5 heteroatoms. The van der Waals surface area contributed by atoms with Crippen LogP contribution in [0, 0.1) is 12.3 Å². The average molecular weight is 313 g/mol. The summed E-state index contributed by atoms with van der Waals surface area (Å²) >= 11 is 0. The Labute approximate surface area is 137 Å². The molecule has 0 spiro atoms. The Bertz CT molecular complexity index is 654. The summed E-state index contributed by atoms with van der Waals surface area (Å²) < 4.78 is 11.0. The summed E-state index contributed by atoms with van der Waals surface area (Å²) in [6.07, 6.45) is 2.58. The summed E-state index contributed by atoms with van der Waals surface area (Å²) in [5, 5.41) is 10.9. The highest BCUT2D eigenvalue weighted by Gasteiger charge is 2.06. The predicted octanol–water partition coefficient (Wildman–Crippen LogP) is 3.31. The van der Waals surface area contributed by atoms with E-state index in [4.69, 9.17) is 14.9 Å². The molecule has 23 heavy (non-hydrogen) atoms. The van der Waals surface area contributed by atoms with Gasteiger partial charge in [-0.15, -0.1) is 0 Å². The first-order valence-electron chi connectivity index (χ1n) is 7.73. The molecule has 0 atom stereocenters. The van der Waals surface area contributed by atoms with Crippen LogP contribution in [-0.2, 0) is 11.2 Å². The second kappa shape index (κ2) is 8.29. The summed E-state index contributed by atoms with van der Waals surface area (Å²) in [4.78, 5) is 4.24. The first-order chi connectivity index (χ1) is 11.1. The van der Waals surface area contributed by atoms with Crippen LogP contribution in [0.5, 0.6) is 11.6 Å². The topological polar surface area (TPSA) is 67.2 Å². The van der Waals surface area contributed by atoms with Gasteiger partial charge in [0, 0.05) is 12.3 Å². The van der Waals surface area contributed by atoms with Gasteiger partial charge in [0.15, 0.2) is 0 Å². The van der Waals surface area contributed by atoms with Crippen molar-refractivity contribution in [2.75, 3.05) is 20.2 Å². The van der Waals surface area contributed by atoms with Crippen molar-refractivity contribution in [2.45, 2.75) is 20.3 Å². The molecule has 2 N–H and O–H groups in total. The smallest absolute Gasteiger partial charge is 0.219 e. The van der Waals surface area contributed by atoms with Crippen LogP contribution in [0.2, 0.25) is 0 Å². The zero-order chi connectivity index (χ0) is 16.7. The molecule has 1 aromatic carbocycles. The number of aromatic nitrogens is 1. The van der Waals surface area contributed by atoms with Gasteiger partial charge < -0.3 is 14.8 Å². The fourth-order valence-corrected chi connectivity index (χ4v) is 2.17. The molecule has 0 fully saturated rings. The number of likely N-dealkylation sites (N-methyl/N-ethyl adjacent to an activating group) is 1. The third-order valence-corrected chi connectivity index (χ3v) is 3.40. The number of aryl methyl sites for hydroxylation is 1. The summed E-state index contributed by atoms with van der Waals surface area (Å²) in [5.74, 6) is 1.42. The van der Waals surface area contributed by atoms with E-state index < -0.39 is 0 Å². The van der Waals surface area contributed by atoms with E-state index in [1.54, 1.807) is 18.3 Å².